The fraction of sp³-hybridized carbons (Fsp3) is 0.0909. The molecule has 0 saturated carbocycles. The van der Waals surface area contributed by atoms with E-state index in [1.54, 1.807) is 0 Å². The van der Waals surface area contributed by atoms with Gasteiger partial charge in [0.25, 0.3) is 0 Å². The summed E-state index contributed by atoms with van der Waals surface area (Å²) in [6.07, 6.45) is 6.04. The molecule has 125 valence electrons. The standard InChI is InChI=1S/C22H18N3.Y/c1-17-16-23-21(18-9-5-3-6-10-18)15-20(17)22-24(2)13-14-25(22)19-11-7-4-8-12-19;/h3-9,11-14,16H,1-2H3;/q-1;. The van der Waals surface area contributed by atoms with Gasteiger partial charge >= 0.3 is 0 Å². The molecule has 0 N–H and O–H groups in total. The molecule has 0 aliphatic carbocycles. The molecule has 0 amide bonds. The minimum absolute atomic E-state index is 0. The van der Waals surface area contributed by atoms with Crippen LogP contribution in [0, 0.1) is 19.1 Å². The van der Waals surface area contributed by atoms with Gasteiger partial charge in [0.2, 0.25) is 5.82 Å². The minimum Gasteiger partial charge on any atom is -0.334 e. The van der Waals surface area contributed by atoms with Crippen LogP contribution in [0.3, 0.4) is 0 Å². The third kappa shape index (κ3) is 3.55. The van der Waals surface area contributed by atoms with Crippen molar-refractivity contribution in [1.29, 1.82) is 0 Å². The Balaban J connectivity index is 0.00000196. The van der Waals surface area contributed by atoms with Gasteiger partial charge in [-0.3, -0.25) is 4.57 Å². The smallest absolute Gasteiger partial charge is 0.212 e. The number of hydrogen-bond donors (Lipinski definition) is 0. The number of aryl methyl sites for hydroxylation is 2. The van der Waals surface area contributed by atoms with Crippen molar-refractivity contribution in [2.75, 3.05) is 0 Å². The first-order valence-electron chi connectivity index (χ1n) is 8.23. The Morgan fingerprint density at radius 2 is 1.81 bits per heavy atom. The predicted molar refractivity (Wildman–Crippen MR) is 98.0 cm³/mol. The van der Waals surface area contributed by atoms with E-state index in [0.29, 0.717) is 0 Å². The van der Waals surface area contributed by atoms with E-state index in [0.717, 1.165) is 33.9 Å². The molecule has 4 rings (SSSR count). The fourth-order valence-corrected chi connectivity index (χ4v) is 2.96. The minimum atomic E-state index is 0. The summed E-state index contributed by atoms with van der Waals surface area (Å²) >= 11 is 0. The van der Waals surface area contributed by atoms with Crippen LogP contribution in [-0.4, -0.2) is 9.55 Å². The molecule has 2 heterocycles. The van der Waals surface area contributed by atoms with Crippen LogP contribution in [-0.2, 0) is 39.8 Å². The molecule has 0 atom stereocenters. The zero-order chi connectivity index (χ0) is 17.2. The number of rotatable bonds is 3. The number of pyridine rings is 1. The summed E-state index contributed by atoms with van der Waals surface area (Å²) in [5.41, 5.74) is 5.01. The maximum absolute atomic E-state index is 4.55. The van der Waals surface area contributed by atoms with Crippen LogP contribution in [0.4, 0.5) is 0 Å². The number of imidazole rings is 1. The van der Waals surface area contributed by atoms with Crippen molar-refractivity contribution in [1.82, 2.24) is 9.55 Å². The number of nitrogens with zero attached hydrogens (tertiary/aromatic N) is 3. The van der Waals surface area contributed by atoms with E-state index in [1.165, 1.54) is 0 Å². The van der Waals surface area contributed by atoms with Crippen molar-refractivity contribution < 1.29 is 37.3 Å². The Labute approximate surface area is 179 Å². The van der Waals surface area contributed by atoms with E-state index in [4.69, 9.17) is 0 Å². The van der Waals surface area contributed by atoms with Gasteiger partial charge < -0.3 is 4.98 Å². The van der Waals surface area contributed by atoms with Gasteiger partial charge in [0.05, 0.1) is 7.05 Å². The molecule has 0 fully saturated rings. The van der Waals surface area contributed by atoms with Crippen molar-refractivity contribution in [3.63, 3.8) is 0 Å². The van der Waals surface area contributed by atoms with Gasteiger partial charge in [0, 0.05) is 32.7 Å². The van der Waals surface area contributed by atoms with Crippen molar-refractivity contribution in [2.24, 2.45) is 7.05 Å². The third-order valence-corrected chi connectivity index (χ3v) is 4.25. The monoisotopic (exact) mass is 413 g/mol. The van der Waals surface area contributed by atoms with E-state index in [2.05, 4.69) is 64.7 Å². The predicted octanol–water partition coefficient (Wildman–Crippen LogP) is 3.94. The molecule has 3 nitrogen and oxygen atoms in total. The van der Waals surface area contributed by atoms with Crippen LogP contribution in [0.15, 0.2) is 73.2 Å². The Morgan fingerprint density at radius 3 is 2.54 bits per heavy atom. The Morgan fingerprint density at radius 1 is 1.04 bits per heavy atom. The molecule has 2 aromatic carbocycles. The Kier molecular flexibility index (Phi) is 5.80. The molecule has 0 aliphatic rings. The second kappa shape index (κ2) is 8.07. The summed E-state index contributed by atoms with van der Waals surface area (Å²) < 4.78 is 4.29. The largest absolute Gasteiger partial charge is 0.334 e. The van der Waals surface area contributed by atoms with Gasteiger partial charge in [-0.15, -0.1) is 6.07 Å². The molecule has 1 radical (unpaired) electrons. The van der Waals surface area contributed by atoms with Crippen molar-refractivity contribution in [2.45, 2.75) is 6.92 Å². The summed E-state index contributed by atoms with van der Waals surface area (Å²) in [4.78, 5) is 4.55. The van der Waals surface area contributed by atoms with E-state index >= 15 is 0 Å². The molecule has 26 heavy (non-hydrogen) atoms. The summed E-state index contributed by atoms with van der Waals surface area (Å²) in [5.74, 6) is 1.07. The molecular weight excluding hydrogens is 395 g/mol. The molecule has 4 heteroatoms. The van der Waals surface area contributed by atoms with Crippen LogP contribution in [0.1, 0.15) is 5.56 Å². The van der Waals surface area contributed by atoms with Gasteiger partial charge in [-0.2, -0.15) is 35.9 Å². The SMILES string of the molecule is Cc1cnc(-c2[c-]cccc2)[c-]c1-c1n(-c2ccccc2)cc[n+]1C.[Y]. The van der Waals surface area contributed by atoms with Crippen molar-refractivity contribution >= 4 is 0 Å². The molecule has 0 spiro atoms. The second-order valence-electron chi connectivity index (χ2n) is 6.00. The summed E-state index contributed by atoms with van der Waals surface area (Å²) in [6, 6.07) is 24.9. The van der Waals surface area contributed by atoms with E-state index < -0.39 is 0 Å². The average molecular weight is 413 g/mol. The van der Waals surface area contributed by atoms with Crippen LogP contribution >= 0.6 is 0 Å². The van der Waals surface area contributed by atoms with Crippen molar-refractivity contribution in [3.05, 3.63) is 90.9 Å². The van der Waals surface area contributed by atoms with Gasteiger partial charge in [-0.05, 0) is 18.3 Å². The fourth-order valence-electron chi connectivity index (χ4n) is 2.96. The molecule has 0 bridgehead atoms. The quantitative estimate of drug-likeness (QED) is 0.369. The Hall–Kier alpha value is -2.10. The average Bonchev–Trinajstić information content (AvgIpc) is 3.05. The van der Waals surface area contributed by atoms with Crippen LogP contribution < -0.4 is 4.57 Å². The molecular formula is C22H18N3Y-. The van der Waals surface area contributed by atoms with E-state index in [-0.39, 0.29) is 32.7 Å². The molecule has 0 aliphatic heterocycles. The molecule has 4 aromatic rings. The number of aromatic nitrogens is 3. The van der Waals surface area contributed by atoms with Crippen LogP contribution in [0.25, 0.3) is 28.3 Å². The molecule has 0 saturated heterocycles. The van der Waals surface area contributed by atoms with Crippen LogP contribution in [0.5, 0.6) is 0 Å². The van der Waals surface area contributed by atoms with Crippen LogP contribution in [0.2, 0.25) is 0 Å². The first-order chi connectivity index (χ1) is 12.2. The molecule has 0 unspecified atom stereocenters. The second-order valence-corrected chi connectivity index (χ2v) is 6.00. The normalized spacial score (nSPS) is 10.4. The summed E-state index contributed by atoms with van der Waals surface area (Å²) in [6.45, 7) is 2.07. The zero-order valence-corrected chi connectivity index (χ0v) is 17.7. The van der Waals surface area contributed by atoms with Crippen molar-refractivity contribution in [3.8, 4) is 28.3 Å². The number of para-hydroxylation sites is 1. The first kappa shape index (κ1) is 18.7. The van der Waals surface area contributed by atoms with Gasteiger partial charge in [-0.25, -0.2) is 4.57 Å². The van der Waals surface area contributed by atoms with Gasteiger partial charge in [0.15, 0.2) is 0 Å². The van der Waals surface area contributed by atoms with Gasteiger partial charge in [-0.1, -0.05) is 41.9 Å². The summed E-state index contributed by atoms with van der Waals surface area (Å²) in [7, 11) is 2.05. The van der Waals surface area contributed by atoms with Gasteiger partial charge in [0.1, 0.15) is 18.1 Å². The van der Waals surface area contributed by atoms with E-state index in [1.807, 2.05) is 48.7 Å². The number of benzene rings is 2. The van der Waals surface area contributed by atoms with E-state index in [9.17, 15) is 0 Å². The zero-order valence-electron chi connectivity index (χ0n) is 14.8. The molecule has 2 aromatic heterocycles. The Bertz CT molecular complexity index is 1010. The third-order valence-electron chi connectivity index (χ3n) is 4.25. The maximum atomic E-state index is 4.55. The first-order valence-corrected chi connectivity index (χ1v) is 8.23. The number of hydrogen-bond acceptors (Lipinski definition) is 1. The topological polar surface area (TPSA) is 21.7 Å². The summed E-state index contributed by atoms with van der Waals surface area (Å²) in [5, 5.41) is 0. The maximum Gasteiger partial charge on any atom is 0.212 e.